The highest BCUT2D eigenvalue weighted by molar-refractivity contribution is 6.35. The molecule has 1 saturated heterocycles. The van der Waals surface area contributed by atoms with Crippen LogP contribution in [0.3, 0.4) is 0 Å². The first-order chi connectivity index (χ1) is 11.8. The van der Waals surface area contributed by atoms with Crippen LogP contribution in [0.15, 0.2) is 18.2 Å². The van der Waals surface area contributed by atoms with Crippen LogP contribution in [0, 0.1) is 5.92 Å². The van der Waals surface area contributed by atoms with Gasteiger partial charge in [-0.15, -0.1) is 0 Å². The van der Waals surface area contributed by atoms with Gasteiger partial charge < -0.3 is 15.5 Å². The van der Waals surface area contributed by atoms with Crippen LogP contribution in [-0.4, -0.2) is 48.3 Å². The Kier molecular flexibility index (Phi) is 6.67. The zero-order chi connectivity index (χ0) is 18.6. The van der Waals surface area contributed by atoms with Gasteiger partial charge in [0, 0.05) is 37.1 Å². The molecule has 0 bridgehead atoms. The van der Waals surface area contributed by atoms with Crippen LogP contribution < -0.4 is 10.6 Å². The number of hydrogen-bond acceptors (Lipinski definition) is 3. The number of benzene rings is 1. The molecule has 1 fully saturated rings. The van der Waals surface area contributed by atoms with Crippen molar-refractivity contribution in [2.45, 2.75) is 26.3 Å². The van der Waals surface area contributed by atoms with Gasteiger partial charge in [0.25, 0.3) is 5.91 Å². The number of halogens is 2. The molecule has 1 aromatic carbocycles. The molecule has 1 aromatic rings. The Balaban J connectivity index is 1.76. The van der Waals surface area contributed by atoms with Gasteiger partial charge in [0.05, 0.1) is 16.5 Å². The number of rotatable bonds is 6. The fraction of sp³-hybridized carbons (Fsp3) is 0.471. The molecule has 1 heterocycles. The predicted molar refractivity (Wildman–Crippen MR) is 96.8 cm³/mol. The highest BCUT2D eigenvalue weighted by Crippen LogP contribution is 2.21. The normalized spacial score (nSPS) is 17.1. The maximum absolute atomic E-state index is 12.1. The molecule has 0 spiro atoms. The molecule has 2 N–H and O–H groups in total. The molecule has 1 aliphatic heterocycles. The van der Waals surface area contributed by atoms with Crippen molar-refractivity contribution >= 4 is 40.9 Å². The third kappa shape index (κ3) is 5.09. The Morgan fingerprint density at radius 2 is 1.92 bits per heavy atom. The van der Waals surface area contributed by atoms with E-state index in [1.54, 1.807) is 17.0 Å². The molecular weight excluding hydrogens is 365 g/mol. The molecule has 3 amide bonds. The van der Waals surface area contributed by atoms with Crippen LogP contribution >= 0.6 is 23.2 Å². The van der Waals surface area contributed by atoms with Crippen LogP contribution in [0.1, 0.15) is 30.6 Å². The first-order valence-electron chi connectivity index (χ1n) is 8.10. The fourth-order valence-electron chi connectivity index (χ4n) is 2.68. The van der Waals surface area contributed by atoms with Crippen LogP contribution in [-0.2, 0) is 9.59 Å². The Labute approximate surface area is 156 Å². The molecule has 6 nitrogen and oxygen atoms in total. The summed E-state index contributed by atoms with van der Waals surface area (Å²) in [5, 5.41) is 6.15. The largest absolute Gasteiger partial charge is 0.354 e. The summed E-state index contributed by atoms with van der Waals surface area (Å²) in [6, 6.07) is 4.73. The third-order valence-corrected chi connectivity index (χ3v) is 4.60. The summed E-state index contributed by atoms with van der Waals surface area (Å²) in [5.74, 6) is -0.873. The van der Waals surface area contributed by atoms with Gasteiger partial charge >= 0.3 is 0 Å². The van der Waals surface area contributed by atoms with Gasteiger partial charge in [0.1, 0.15) is 0 Å². The standard InChI is InChI=1S/C17H21Cl2N3O3/c1-10(2)22-9-11(7-15(22)23)16(24)20-5-6-21-17(25)13-8-12(18)3-4-14(13)19/h3-4,8,10-11H,5-7,9H2,1-2H3,(H,20,24)(H,21,25). The van der Waals surface area contributed by atoms with E-state index >= 15 is 0 Å². The molecule has 0 aliphatic carbocycles. The lowest BCUT2D eigenvalue weighted by molar-refractivity contribution is -0.129. The Hall–Kier alpha value is -1.79. The minimum atomic E-state index is -0.358. The minimum absolute atomic E-state index is 0.000879. The van der Waals surface area contributed by atoms with Gasteiger partial charge in [-0.25, -0.2) is 0 Å². The monoisotopic (exact) mass is 385 g/mol. The van der Waals surface area contributed by atoms with E-state index in [1.165, 1.54) is 6.07 Å². The molecule has 8 heteroatoms. The predicted octanol–water partition coefficient (Wildman–Crippen LogP) is 2.10. The number of likely N-dealkylation sites (tertiary alicyclic amines) is 1. The SMILES string of the molecule is CC(C)N1CC(C(=O)NCCNC(=O)c2cc(Cl)ccc2Cl)CC1=O. The number of nitrogens with zero attached hydrogens (tertiary/aromatic N) is 1. The number of hydrogen-bond donors (Lipinski definition) is 2. The molecule has 2 rings (SSSR count). The van der Waals surface area contributed by atoms with E-state index in [0.29, 0.717) is 16.6 Å². The van der Waals surface area contributed by atoms with Gasteiger partial charge in [-0.05, 0) is 32.0 Å². The van der Waals surface area contributed by atoms with Crippen molar-refractivity contribution in [1.29, 1.82) is 0 Å². The summed E-state index contributed by atoms with van der Waals surface area (Å²) in [6.45, 7) is 4.81. The zero-order valence-electron chi connectivity index (χ0n) is 14.1. The number of nitrogens with one attached hydrogen (secondary N) is 2. The van der Waals surface area contributed by atoms with Gasteiger partial charge in [-0.3, -0.25) is 14.4 Å². The maximum atomic E-state index is 12.1. The van der Waals surface area contributed by atoms with Gasteiger partial charge in [0.2, 0.25) is 11.8 Å². The lowest BCUT2D eigenvalue weighted by Gasteiger charge is -2.20. The summed E-state index contributed by atoms with van der Waals surface area (Å²) in [7, 11) is 0. The molecule has 136 valence electrons. The van der Waals surface area contributed by atoms with E-state index < -0.39 is 0 Å². The number of amides is 3. The van der Waals surface area contributed by atoms with Crippen molar-refractivity contribution in [3.8, 4) is 0 Å². The van der Waals surface area contributed by atoms with E-state index in [0.717, 1.165) is 0 Å². The summed E-state index contributed by atoms with van der Waals surface area (Å²) in [6.07, 6.45) is 0.231. The number of carbonyl (C=O) groups excluding carboxylic acids is 3. The van der Waals surface area contributed by atoms with Crippen LogP contribution in [0.4, 0.5) is 0 Å². The van der Waals surface area contributed by atoms with Crippen molar-refractivity contribution < 1.29 is 14.4 Å². The second kappa shape index (κ2) is 8.54. The summed E-state index contributed by atoms with van der Waals surface area (Å²) in [5.41, 5.74) is 0.287. The Morgan fingerprint density at radius 3 is 2.56 bits per heavy atom. The first kappa shape index (κ1) is 19.5. The van der Waals surface area contributed by atoms with E-state index in [9.17, 15) is 14.4 Å². The molecule has 1 unspecified atom stereocenters. The first-order valence-corrected chi connectivity index (χ1v) is 8.85. The van der Waals surface area contributed by atoms with E-state index in [1.807, 2.05) is 13.8 Å². The lowest BCUT2D eigenvalue weighted by atomic mass is 10.1. The second-order valence-corrected chi connectivity index (χ2v) is 7.06. The number of carbonyl (C=O) groups is 3. The summed E-state index contributed by atoms with van der Waals surface area (Å²) < 4.78 is 0. The molecule has 1 atom stereocenters. The quantitative estimate of drug-likeness (QED) is 0.735. The molecular formula is C17H21Cl2N3O3. The van der Waals surface area contributed by atoms with Crippen LogP contribution in [0.2, 0.25) is 10.0 Å². The average molecular weight is 386 g/mol. The van der Waals surface area contributed by atoms with E-state index in [4.69, 9.17) is 23.2 Å². The molecule has 0 saturated carbocycles. The van der Waals surface area contributed by atoms with Crippen molar-refractivity contribution in [3.63, 3.8) is 0 Å². The van der Waals surface area contributed by atoms with Crippen LogP contribution in [0.5, 0.6) is 0 Å². The molecule has 0 radical (unpaired) electrons. The lowest BCUT2D eigenvalue weighted by Crippen LogP contribution is -2.39. The van der Waals surface area contributed by atoms with Crippen molar-refractivity contribution in [1.82, 2.24) is 15.5 Å². The van der Waals surface area contributed by atoms with Crippen LogP contribution in [0.25, 0.3) is 0 Å². The van der Waals surface area contributed by atoms with Gasteiger partial charge in [-0.1, -0.05) is 23.2 Å². The van der Waals surface area contributed by atoms with Crippen molar-refractivity contribution in [2.24, 2.45) is 5.92 Å². The molecule has 0 aromatic heterocycles. The Bertz CT molecular complexity index is 679. The topological polar surface area (TPSA) is 78.5 Å². The smallest absolute Gasteiger partial charge is 0.252 e. The maximum Gasteiger partial charge on any atom is 0.252 e. The van der Waals surface area contributed by atoms with Gasteiger partial charge in [-0.2, -0.15) is 0 Å². The Morgan fingerprint density at radius 1 is 1.24 bits per heavy atom. The minimum Gasteiger partial charge on any atom is -0.354 e. The summed E-state index contributed by atoms with van der Waals surface area (Å²) >= 11 is 11.8. The highest BCUT2D eigenvalue weighted by Gasteiger charge is 2.35. The second-order valence-electron chi connectivity index (χ2n) is 6.21. The molecule has 25 heavy (non-hydrogen) atoms. The zero-order valence-corrected chi connectivity index (χ0v) is 15.7. The summed E-state index contributed by atoms with van der Waals surface area (Å²) in [4.78, 5) is 37.7. The molecule has 1 aliphatic rings. The highest BCUT2D eigenvalue weighted by atomic mass is 35.5. The third-order valence-electron chi connectivity index (χ3n) is 4.04. The van der Waals surface area contributed by atoms with Crippen molar-refractivity contribution in [3.05, 3.63) is 33.8 Å². The van der Waals surface area contributed by atoms with E-state index in [2.05, 4.69) is 10.6 Å². The fourth-order valence-corrected chi connectivity index (χ4v) is 3.05. The average Bonchev–Trinajstić information content (AvgIpc) is 2.95. The van der Waals surface area contributed by atoms with Gasteiger partial charge in [0.15, 0.2) is 0 Å². The van der Waals surface area contributed by atoms with E-state index in [-0.39, 0.29) is 54.8 Å². The van der Waals surface area contributed by atoms with Crippen molar-refractivity contribution in [2.75, 3.05) is 19.6 Å².